The molecule has 0 radical (unpaired) electrons. The lowest BCUT2D eigenvalue weighted by Crippen LogP contribution is -2.20. The summed E-state index contributed by atoms with van der Waals surface area (Å²) in [5, 5.41) is 9.57. The number of thiazole rings is 1. The van der Waals surface area contributed by atoms with Gasteiger partial charge in [0.2, 0.25) is 0 Å². The van der Waals surface area contributed by atoms with Crippen molar-refractivity contribution in [1.82, 2.24) is 4.98 Å². The van der Waals surface area contributed by atoms with Crippen molar-refractivity contribution in [2.24, 2.45) is 0 Å². The molecule has 0 atom stereocenters. The van der Waals surface area contributed by atoms with Crippen LogP contribution in [0, 0.1) is 6.92 Å². The average molecular weight is 306 g/mol. The molecule has 1 aromatic heterocycles. The van der Waals surface area contributed by atoms with E-state index in [9.17, 15) is 4.79 Å². The Kier molecular flexibility index (Phi) is 4.80. The van der Waals surface area contributed by atoms with Crippen molar-refractivity contribution in [3.8, 4) is 17.0 Å². The number of carboxylic acids is 1. The first-order valence-corrected chi connectivity index (χ1v) is 7.37. The molecule has 5 nitrogen and oxygen atoms in total. The minimum Gasteiger partial charge on any atom is -0.497 e. The Morgan fingerprint density at radius 1 is 1.38 bits per heavy atom. The maximum atomic E-state index is 10.6. The average Bonchev–Trinajstić information content (AvgIpc) is 2.87. The number of carbonyl (C=O) groups is 1. The van der Waals surface area contributed by atoms with Crippen LogP contribution in [0.1, 0.15) is 11.3 Å². The molecular weight excluding hydrogens is 288 g/mol. The summed E-state index contributed by atoms with van der Waals surface area (Å²) in [6, 6.07) is 7.76. The number of ether oxygens (including phenoxy) is 1. The van der Waals surface area contributed by atoms with Gasteiger partial charge in [-0.05, 0) is 31.2 Å². The Morgan fingerprint density at radius 3 is 2.62 bits per heavy atom. The number of aromatic nitrogens is 1. The minimum absolute atomic E-state index is 0.104. The quantitative estimate of drug-likeness (QED) is 0.888. The molecule has 112 valence electrons. The van der Waals surface area contributed by atoms with Crippen LogP contribution in [0.25, 0.3) is 11.3 Å². The van der Waals surface area contributed by atoms with Crippen molar-refractivity contribution in [2.45, 2.75) is 13.3 Å². The van der Waals surface area contributed by atoms with E-state index in [0.29, 0.717) is 6.54 Å². The molecule has 1 aromatic carbocycles. The summed E-state index contributed by atoms with van der Waals surface area (Å²) >= 11 is 1.57. The van der Waals surface area contributed by atoms with Crippen LogP contribution in [0.5, 0.6) is 5.75 Å². The van der Waals surface area contributed by atoms with Crippen molar-refractivity contribution in [1.29, 1.82) is 0 Å². The third-order valence-electron chi connectivity index (χ3n) is 3.14. The Hall–Kier alpha value is -2.08. The van der Waals surface area contributed by atoms with E-state index < -0.39 is 5.97 Å². The number of nitrogens with zero attached hydrogens (tertiary/aromatic N) is 2. The molecular formula is C15H18N2O3S. The summed E-state index contributed by atoms with van der Waals surface area (Å²) in [7, 11) is 3.50. The predicted octanol–water partition coefficient (Wildman–Crippen LogP) is 3.04. The summed E-state index contributed by atoms with van der Waals surface area (Å²) in [6.45, 7) is 2.47. The van der Waals surface area contributed by atoms with E-state index in [0.717, 1.165) is 27.0 Å². The summed E-state index contributed by atoms with van der Waals surface area (Å²) < 4.78 is 5.15. The lowest BCUT2D eigenvalue weighted by molar-refractivity contribution is -0.136. The van der Waals surface area contributed by atoms with Gasteiger partial charge >= 0.3 is 5.97 Å². The number of rotatable bonds is 6. The Balaban J connectivity index is 2.19. The number of hydrogen-bond donors (Lipinski definition) is 1. The fourth-order valence-corrected chi connectivity index (χ4v) is 2.84. The van der Waals surface area contributed by atoms with Gasteiger partial charge in [0.1, 0.15) is 5.75 Å². The number of benzene rings is 1. The van der Waals surface area contributed by atoms with E-state index in [4.69, 9.17) is 9.84 Å². The van der Waals surface area contributed by atoms with E-state index in [-0.39, 0.29) is 6.42 Å². The molecule has 0 saturated heterocycles. The van der Waals surface area contributed by atoms with Crippen LogP contribution >= 0.6 is 11.3 Å². The number of methoxy groups -OCH3 is 1. The Morgan fingerprint density at radius 2 is 2.05 bits per heavy atom. The zero-order valence-electron chi connectivity index (χ0n) is 12.3. The van der Waals surface area contributed by atoms with Gasteiger partial charge in [-0.1, -0.05) is 0 Å². The second kappa shape index (κ2) is 6.58. The smallest absolute Gasteiger partial charge is 0.305 e. The molecule has 0 fully saturated rings. The second-order valence-corrected chi connectivity index (χ2v) is 5.88. The molecule has 0 unspecified atom stereocenters. The largest absolute Gasteiger partial charge is 0.497 e. The molecule has 2 rings (SSSR count). The molecule has 1 N–H and O–H groups in total. The maximum Gasteiger partial charge on any atom is 0.305 e. The van der Waals surface area contributed by atoms with E-state index in [1.165, 1.54) is 0 Å². The summed E-state index contributed by atoms with van der Waals surface area (Å²) in [4.78, 5) is 18.2. The van der Waals surface area contributed by atoms with Gasteiger partial charge in [0, 0.05) is 24.0 Å². The minimum atomic E-state index is -0.800. The molecule has 0 saturated carbocycles. The highest BCUT2D eigenvalue weighted by Gasteiger charge is 2.13. The third-order valence-corrected chi connectivity index (χ3v) is 4.22. The number of hydrogen-bond acceptors (Lipinski definition) is 5. The molecule has 2 aromatic rings. The first-order chi connectivity index (χ1) is 10.0. The molecule has 0 spiro atoms. The highest BCUT2D eigenvalue weighted by atomic mass is 32.1. The molecule has 0 aliphatic heterocycles. The van der Waals surface area contributed by atoms with Gasteiger partial charge in [-0.25, -0.2) is 4.98 Å². The van der Waals surface area contributed by atoms with Crippen LogP contribution < -0.4 is 9.64 Å². The highest BCUT2D eigenvalue weighted by molar-refractivity contribution is 7.16. The number of aryl methyl sites for hydroxylation is 1. The zero-order chi connectivity index (χ0) is 15.4. The topological polar surface area (TPSA) is 62.7 Å². The van der Waals surface area contributed by atoms with Crippen LogP contribution in [0.15, 0.2) is 24.3 Å². The van der Waals surface area contributed by atoms with Crippen molar-refractivity contribution in [3.63, 3.8) is 0 Å². The molecule has 0 bridgehead atoms. The number of carboxylic acid groups (broad SMARTS) is 1. The van der Waals surface area contributed by atoms with Gasteiger partial charge in [0.25, 0.3) is 0 Å². The Labute approximate surface area is 127 Å². The van der Waals surface area contributed by atoms with Crippen LogP contribution in [-0.2, 0) is 4.79 Å². The monoisotopic (exact) mass is 306 g/mol. The van der Waals surface area contributed by atoms with Gasteiger partial charge in [0.15, 0.2) is 5.13 Å². The second-order valence-electron chi connectivity index (χ2n) is 4.70. The summed E-state index contributed by atoms with van der Waals surface area (Å²) in [5.41, 5.74) is 1.96. The number of anilines is 1. The van der Waals surface area contributed by atoms with Crippen molar-refractivity contribution >= 4 is 22.4 Å². The molecule has 0 aliphatic rings. The van der Waals surface area contributed by atoms with Crippen molar-refractivity contribution < 1.29 is 14.6 Å². The van der Waals surface area contributed by atoms with Gasteiger partial charge in [-0.2, -0.15) is 0 Å². The fraction of sp³-hybridized carbons (Fsp3) is 0.333. The van der Waals surface area contributed by atoms with Crippen molar-refractivity contribution in [2.75, 3.05) is 25.6 Å². The van der Waals surface area contributed by atoms with Crippen LogP contribution in [-0.4, -0.2) is 36.8 Å². The SMILES string of the molecule is COc1ccc(-c2nc(N(C)CCC(=O)O)sc2C)cc1. The van der Waals surface area contributed by atoms with E-state index in [1.807, 2.05) is 43.1 Å². The van der Waals surface area contributed by atoms with E-state index in [2.05, 4.69) is 4.98 Å². The lowest BCUT2D eigenvalue weighted by Gasteiger charge is -2.13. The highest BCUT2D eigenvalue weighted by Crippen LogP contribution is 2.32. The Bertz CT molecular complexity index is 622. The summed E-state index contributed by atoms with van der Waals surface area (Å²) in [6.07, 6.45) is 0.104. The zero-order valence-corrected chi connectivity index (χ0v) is 13.1. The molecule has 1 heterocycles. The van der Waals surface area contributed by atoms with E-state index >= 15 is 0 Å². The standard InChI is InChI=1S/C15H18N2O3S/c1-10-14(11-4-6-12(20-3)7-5-11)16-15(21-10)17(2)9-8-13(18)19/h4-7H,8-9H2,1-3H3,(H,18,19). The van der Waals surface area contributed by atoms with E-state index in [1.54, 1.807) is 18.4 Å². The third kappa shape index (κ3) is 3.72. The van der Waals surface area contributed by atoms with Crippen LogP contribution in [0.2, 0.25) is 0 Å². The normalized spacial score (nSPS) is 10.4. The van der Waals surface area contributed by atoms with Gasteiger partial charge in [-0.3, -0.25) is 4.79 Å². The first kappa shape index (κ1) is 15.3. The van der Waals surface area contributed by atoms with Gasteiger partial charge in [0.05, 0.1) is 19.2 Å². The molecule has 21 heavy (non-hydrogen) atoms. The molecule has 6 heteroatoms. The van der Waals surface area contributed by atoms with Crippen LogP contribution in [0.4, 0.5) is 5.13 Å². The van der Waals surface area contributed by atoms with Gasteiger partial charge in [-0.15, -0.1) is 11.3 Å². The fourth-order valence-electron chi connectivity index (χ4n) is 1.92. The van der Waals surface area contributed by atoms with Crippen molar-refractivity contribution in [3.05, 3.63) is 29.1 Å². The first-order valence-electron chi connectivity index (χ1n) is 6.56. The summed E-state index contributed by atoms with van der Waals surface area (Å²) in [5.74, 6) is 0.0101. The number of aliphatic carboxylic acids is 1. The predicted molar refractivity (Wildman–Crippen MR) is 84.4 cm³/mol. The molecule has 0 aliphatic carbocycles. The maximum absolute atomic E-state index is 10.6. The van der Waals surface area contributed by atoms with Gasteiger partial charge < -0.3 is 14.7 Å². The lowest BCUT2D eigenvalue weighted by atomic mass is 10.1. The van der Waals surface area contributed by atoms with Crippen LogP contribution in [0.3, 0.4) is 0 Å². The molecule has 0 amide bonds.